The summed E-state index contributed by atoms with van der Waals surface area (Å²) in [5, 5.41) is 11.9. The first-order valence-corrected chi connectivity index (χ1v) is 10.6. The summed E-state index contributed by atoms with van der Waals surface area (Å²) in [7, 11) is 0. The Morgan fingerprint density at radius 3 is 2.38 bits per heavy atom. The van der Waals surface area contributed by atoms with Crippen LogP contribution in [0.5, 0.6) is 5.75 Å². The van der Waals surface area contributed by atoms with E-state index in [1.54, 1.807) is 24.3 Å². The van der Waals surface area contributed by atoms with Crippen LogP contribution < -0.4 is 15.0 Å². The lowest BCUT2D eigenvalue weighted by Gasteiger charge is -2.20. The lowest BCUT2D eigenvalue weighted by Crippen LogP contribution is -2.43. The molecule has 9 heteroatoms. The van der Waals surface area contributed by atoms with Crippen LogP contribution in [0.25, 0.3) is 0 Å². The number of ether oxygens (including phenoxy) is 1. The molecule has 4 rings (SSSR count). The Labute approximate surface area is 186 Å². The van der Waals surface area contributed by atoms with E-state index >= 15 is 0 Å². The number of nitrogens with zero attached hydrogens (tertiary/aromatic N) is 4. The van der Waals surface area contributed by atoms with Gasteiger partial charge in [0, 0.05) is 5.69 Å². The van der Waals surface area contributed by atoms with Gasteiger partial charge in [0.2, 0.25) is 5.91 Å². The van der Waals surface area contributed by atoms with E-state index in [4.69, 9.17) is 4.74 Å². The lowest BCUT2D eigenvalue weighted by molar-refractivity contribution is -0.123. The quantitative estimate of drug-likeness (QED) is 0.673. The number of nitrogens with one attached hydrogen (secondary N) is 1. The predicted molar refractivity (Wildman–Crippen MR) is 118 cm³/mol. The van der Waals surface area contributed by atoms with Crippen molar-refractivity contribution in [3.05, 3.63) is 54.1 Å². The van der Waals surface area contributed by atoms with Crippen molar-refractivity contribution in [3.8, 4) is 5.75 Å². The van der Waals surface area contributed by atoms with E-state index < -0.39 is 23.9 Å². The molecule has 0 saturated carbocycles. The van der Waals surface area contributed by atoms with Crippen molar-refractivity contribution < 1.29 is 19.1 Å². The SMILES string of the molecule is CCOc1ccc(N2C(=O)[C@@H]3[C@@H](N=NN3CC(=O)Nc3ccc(C(C)C)cc3)C2=O)cc1. The summed E-state index contributed by atoms with van der Waals surface area (Å²) >= 11 is 0. The molecule has 2 heterocycles. The predicted octanol–water partition coefficient (Wildman–Crippen LogP) is 3.14. The fourth-order valence-corrected chi connectivity index (χ4v) is 3.77. The second-order valence-corrected chi connectivity index (χ2v) is 7.96. The van der Waals surface area contributed by atoms with E-state index in [9.17, 15) is 14.4 Å². The first-order valence-electron chi connectivity index (χ1n) is 10.6. The van der Waals surface area contributed by atoms with Crippen molar-refractivity contribution in [2.75, 3.05) is 23.4 Å². The van der Waals surface area contributed by atoms with Crippen LogP contribution in [0.4, 0.5) is 11.4 Å². The number of rotatable bonds is 7. The Kier molecular flexibility index (Phi) is 5.89. The Morgan fingerprint density at radius 2 is 1.75 bits per heavy atom. The van der Waals surface area contributed by atoms with E-state index in [1.807, 2.05) is 31.2 Å². The second-order valence-electron chi connectivity index (χ2n) is 7.96. The summed E-state index contributed by atoms with van der Waals surface area (Å²) in [6.07, 6.45) is 0. The molecule has 1 saturated heterocycles. The van der Waals surface area contributed by atoms with Gasteiger partial charge in [-0.3, -0.25) is 19.4 Å². The lowest BCUT2D eigenvalue weighted by atomic mass is 10.0. The molecule has 0 spiro atoms. The third-order valence-electron chi connectivity index (χ3n) is 5.43. The summed E-state index contributed by atoms with van der Waals surface area (Å²) in [6.45, 7) is 6.40. The largest absolute Gasteiger partial charge is 0.494 e. The molecule has 0 bridgehead atoms. The number of carbonyl (C=O) groups is 3. The molecule has 0 unspecified atom stereocenters. The maximum absolute atomic E-state index is 13.0. The minimum Gasteiger partial charge on any atom is -0.494 e. The number of carbonyl (C=O) groups excluding carboxylic acids is 3. The summed E-state index contributed by atoms with van der Waals surface area (Å²) in [4.78, 5) is 39.5. The summed E-state index contributed by atoms with van der Waals surface area (Å²) in [6, 6.07) is 12.4. The Bertz CT molecular complexity index is 1050. The minimum absolute atomic E-state index is 0.188. The topological polar surface area (TPSA) is 104 Å². The van der Waals surface area contributed by atoms with Gasteiger partial charge in [0.1, 0.15) is 12.3 Å². The Morgan fingerprint density at radius 1 is 1.06 bits per heavy atom. The normalized spacial score (nSPS) is 19.6. The molecule has 9 nitrogen and oxygen atoms in total. The first kappa shape index (κ1) is 21.5. The third kappa shape index (κ3) is 4.05. The first-order chi connectivity index (χ1) is 15.4. The van der Waals surface area contributed by atoms with Gasteiger partial charge in [-0.2, -0.15) is 5.11 Å². The summed E-state index contributed by atoms with van der Waals surface area (Å²) in [5.74, 6) is -0.217. The summed E-state index contributed by atoms with van der Waals surface area (Å²) in [5.41, 5.74) is 2.25. The van der Waals surface area contributed by atoms with Gasteiger partial charge in [-0.25, -0.2) is 4.90 Å². The molecule has 32 heavy (non-hydrogen) atoms. The second kappa shape index (κ2) is 8.78. The van der Waals surface area contributed by atoms with Crippen molar-refractivity contribution in [2.24, 2.45) is 10.3 Å². The van der Waals surface area contributed by atoms with Crippen molar-refractivity contribution in [1.29, 1.82) is 0 Å². The maximum atomic E-state index is 13.0. The van der Waals surface area contributed by atoms with Gasteiger partial charge in [-0.1, -0.05) is 31.2 Å². The molecule has 2 aliphatic rings. The van der Waals surface area contributed by atoms with E-state index in [0.29, 0.717) is 29.6 Å². The highest BCUT2D eigenvalue weighted by Crippen LogP contribution is 2.32. The number of amides is 3. The zero-order valence-electron chi connectivity index (χ0n) is 18.2. The van der Waals surface area contributed by atoms with Crippen LogP contribution in [0.1, 0.15) is 32.3 Å². The Hall–Kier alpha value is -3.75. The van der Waals surface area contributed by atoms with Crippen LogP contribution >= 0.6 is 0 Å². The van der Waals surface area contributed by atoms with Gasteiger partial charge < -0.3 is 10.1 Å². The Balaban J connectivity index is 1.43. The molecule has 0 aromatic heterocycles. The molecule has 3 amide bonds. The molecule has 0 radical (unpaired) electrons. The van der Waals surface area contributed by atoms with Gasteiger partial charge in [-0.05, 0) is 54.8 Å². The zero-order valence-corrected chi connectivity index (χ0v) is 18.2. The average molecular weight is 435 g/mol. The molecular formula is C23H25N5O4. The maximum Gasteiger partial charge on any atom is 0.263 e. The summed E-state index contributed by atoms with van der Waals surface area (Å²) < 4.78 is 5.40. The van der Waals surface area contributed by atoms with E-state index in [-0.39, 0.29) is 12.5 Å². The van der Waals surface area contributed by atoms with Crippen LogP contribution in [0.15, 0.2) is 58.9 Å². The minimum atomic E-state index is -0.952. The average Bonchev–Trinajstić information content (AvgIpc) is 3.29. The van der Waals surface area contributed by atoms with Crippen molar-refractivity contribution >= 4 is 29.1 Å². The molecule has 166 valence electrons. The van der Waals surface area contributed by atoms with Gasteiger partial charge >= 0.3 is 0 Å². The number of hydrogen-bond acceptors (Lipinski definition) is 7. The van der Waals surface area contributed by atoms with Crippen LogP contribution in [0.3, 0.4) is 0 Å². The van der Waals surface area contributed by atoms with Gasteiger partial charge in [-0.15, -0.1) is 0 Å². The van der Waals surface area contributed by atoms with E-state index in [1.165, 1.54) is 10.6 Å². The fraction of sp³-hybridized carbons (Fsp3) is 0.348. The van der Waals surface area contributed by atoms with E-state index in [0.717, 1.165) is 4.90 Å². The van der Waals surface area contributed by atoms with Gasteiger partial charge in [0.15, 0.2) is 12.1 Å². The van der Waals surface area contributed by atoms with Crippen molar-refractivity contribution in [1.82, 2.24) is 5.01 Å². The molecule has 2 aromatic carbocycles. The van der Waals surface area contributed by atoms with Crippen LogP contribution in [-0.4, -0.2) is 48.0 Å². The molecule has 2 aliphatic heterocycles. The third-order valence-corrected chi connectivity index (χ3v) is 5.43. The standard InChI is InChI=1S/C23H25N5O4/c1-4-32-18-11-9-17(10-12-18)28-22(30)20-21(23(28)31)27(26-25-20)13-19(29)24-16-7-5-15(6-8-16)14(2)3/h5-12,14,20-21H,4,13H2,1-3H3,(H,24,29)/t20-,21+/m1/s1. The highest BCUT2D eigenvalue weighted by Gasteiger charge is 2.55. The molecule has 2 atom stereocenters. The van der Waals surface area contributed by atoms with Gasteiger partial charge in [0.25, 0.3) is 11.8 Å². The molecule has 0 aliphatic carbocycles. The van der Waals surface area contributed by atoms with Crippen LogP contribution in [-0.2, 0) is 14.4 Å². The highest BCUT2D eigenvalue weighted by atomic mass is 16.5. The number of anilines is 2. The van der Waals surface area contributed by atoms with Crippen LogP contribution in [0, 0.1) is 0 Å². The monoisotopic (exact) mass is 435 g/mol. The number of fused-ring (bicyclic) bond motifs is 1. The van der Waals surface area contributed by atoms with Crippen LogP contribution in [0.2, 0.25) is 0 Å². The smallest absolute Gasteiger partial charge is 0.263 e. The molecular weight excluding hydrogens is 410 g/mol. The molecule has 1 fully saturated rings. The molecule has 2 aromatic rings. The number of benzene rings is 2. The highest BCUT2D eigenvalue weighted by molar-refractivity contribution is 6.25. The van der Waals surface area contributed by atoms with Gasteiger partial charge in [0.05, 0.1) is 12.3 Å². The number of imide groups is 1. The zero-order chi connectivity index (χ0) is 22.8. The fourth-order valence-electron chi connectivity index (χ4n) is 3.77. The van der Waals surface area contributed by atoms with Crippen molar-refractivity contribution in [2.45, 2.75) is 38.8 Å². The van der Waals surface area contributed by atoms with E-state index in [2.05, 4.69) is 29.5 Å². The number of hydrogen-bond donors (Lipinski definition) is 1. The molecule has 1 N–H and O–H groups in total. The van der Waals surface area contributed by atoms with Crippen molar-refractivity contribution in [3.63, 3.8) is 0 Å².